The molecule has 0 bridgehead atoms. The van der Waals surface area contributed by atoms with E-state index in [0.717, 1.165) is 19.3 Å². The first-order valence-electron chi connectivity index (χ1n) is 10.4. The van der Waals surface area contributed by atoms with Gasteiger partial charge >= 0.3 is 0 Å². The van der Waals surface area contributed by atoms with Gasteiger partial charge in [0.2, 0.25) is 0 Å². The number of hydrogen-bond donors (Lipinski definition) is 3. The number of aliphatic hydroxyl groups is 1. The van der Waals surface area contributed by atoms with Crippen LogP contribution >= 0.6 is 0 Å². The average molecular weight is 437 g/mol. The summed E-state index contributed by atoms with van der Waals surface area (Å²) in [5.74, 6) is -0.477. The topological polar surface area (TPSA) is 128 Å². The van der Waals surface area contributed by atoms with E-state index in [1.165, 1.54) is 30.8 Å². The lowest BCUT2D eigenvalue weighted by Gasteiger charge is -2.28. The van der Waals surface area contributed by atoms with E-state index in [4.69, 9.17) is 5.26 Å². The SMILES string of the molecule is CC(C)(O)C(F)CNC(=O)c1cnc(-c2cnn3cc(C#N)cnc23)cc1NC1CCC1. The highest BCUT2D eigenvalue weighted by atomic mass is 19.1. The van der Waals surface area contributed by atoms with Gasteiger partial charge in [0.25, 0.3) is 5.91 Å². The summed E-state index contributed by atoms with van der Waals surface area (Å²) in [4.78, 5) is 21.5. The first-order chi connectivity index (χ1) is 15.3. The Balaban J connectivity index is 1.64. The fraction of sp³-hybridized carbons (Fsp3) is 0.409. The Morgan fingerprint density at radius 3 is 2.81 bits per heavy atom. The number of alkyl halides is 1. The number of nitriles is 1. The number of carbonyl (C=O) groups is 1. The smallest absolute Gasteiger partial charge is 0.255 e. The minimum atomic E-state index is -1.61. The summed E-state index contributed by atoms with van der Waals surface area (Å²) in [6, 6.07) is 4.03. The molecule has 4 rings (SSSR count). The van der Waals surface area contributed by atoms with E-state index < -0.39 is 17.7 Å². The van der Waals surface area contributed by atoms with Crippen LogP contribution in [0.15, 0.2) is 30.9 Å². The molecule has 3 heterocycles. The van der Waals surface area contributed by atoms with Crippen LogP contribution < -0.4 is 10.6 Å². The van der Waals surface area contributed by atoms with Crippen LogP contribution in [0.5, 0.6) is 0 Å². The number of carbonyl (C=O) groups excluding carboxylic acids is 1. The number of anilines is 1. The number of pyridine rings is 1. The lowest BCUT2D eigenvalue weighted by molar-refractivity contribution is -0.00177. The van der Waals surface area contributed by atoms with Crippen molar-refractivity contribution in [3.63, 3.8) is 0 Å². The fourth-order valence-electron chi connectivity index (χ4n) is 3.32. The van der Waals surface area contributed by atoms with Gasteiger partial charge in [0.1, 0.15) is 12.2 Å². The molecule has 0 aromatic carbocycles. The monoisotopic (exact) mass is 437 g/mol. The van der Waals surface area contributed by atoms with Gasteiger partial charge in [0, 0.05) is 18.4 Å². The van der Waals surface area contributed by atoms with Crippen molar-refractivity contribution in [1.82, 2.24) is 24.9 Å². The second-order valence-corrected chi connectivity index (χ2v) is 8.50. The van der Waals surface area contributed by atoms with Gasteiger partial charge in [-0.15, -0.1) is 0 Å². The molecule has 1 aliphatic rings. The van der Waals surface area contributed by atoms with Crippen LogP contribution in [-0.2, 0) is 0 Å². The highest BCUT2D eigenvalue weighted by molar-refractivity contribution is 6.00. The summed E-state index contributed by atoms with van der Waals surface area (Å²) < 4.78 is 15.6. The van der Waals surface area contributed by atoms with E-state index in [1.54, 1.807) is 18.5 Å². The van der Waals surface area contributed by atoms with Crippen LogP contribution in [0.4, 0.5) is 10.1 Å². The Labute approximate surface area is 184 Å². The van der Waals surface area contributed by atoms with Crippen LogP contribution in [-0.4, -0.2) is 55.0 Å². The third-order valence-corrected chi connectivity index (χ3v) is 5.58. The van der Waals surface area contributed by atoms with E-state index in [1.807, 2.05) is 6.07 Å². The molecule has 1 fully saturated rings. The molecule has 0 spiro atoms. The molecule has 0 radical (unpaired) electrons. The number of nitrogens with one attached hydrogen (secondary N) is 2. The summed E-state index contributed by atoms with van der Waals surface area (Å²) >= 11 is 0. The molecule has 3 N–H and O–H groups in total. The van der Waals surface area contributed by atoms with Gasteiger partial charge in [-0.2, -0.15) is 10.4 Å². The lowest BCUT2D eigenvalue weighted by Crippen LogP contribution is -2.42. The van der Waals surface area contributed by atoms with Gasteiger partial charge in [-0.05, 0) is 39.2 Å². The molecule has 9 nitrogen and oxygen atoms in total. The number of amides is 1. The summed E-state index contributed by atoms with van der Waals surface area (Å²) in [6.45, 7) is 2.40. The zero-order valence-electron chi connectivity index (χ0n) is 17.8. The largest absolute Gasteiger partial charge is 0.387 e. The normalized spacial score (nSPS) is 15.1. The van der Waals surface area contributed by atoms with Crippen molar-refractivity contribution in [3.05, 3.63) is 42.0 Å². The molecular weight excluding hydrogens is 413 g/mol. The van der Waals surface area contributed by atoms with E-state index in [2.05, 4.69) is 25.7 Å². The third kappa shape index (κ3) is 4.38. The Morgan fingerprint density at radius 2 is 2.16 bits per heavy atom. The lowest BCUT2D eigenvalue weighted by atomic mass is 9.92. The van der Waals surface area contributed by atoms with Crippen molar-refractivity contribution in [1.29, 1.82) is 5.26 Å². The maximum Gasteiger partial charge on any atom is 0.255 e. The van der Waals surface area contributed by atoms with Crippen molar-refractivity contribution in [2.24, 2.45) is 0 Å². The summed E-state index contributed by atoms with van der Waals surface area (Å²) in [5, 5.41) is 29.0. The van der Waals surface area contributed by atoms with E-state index >= 15 is 0 Å². The van der Waals surface area contributed by atoms with Crippen LogP contribution in [0.2, 0.25) is 0 Å². The summed E-state index contributed by atoms with van der Waals surface area (Å²) in [5.41, 5.74) is 1.47. The van der Waals surface area contributed by atoms with Crippen LogP contribution in [0, 0.1) is 11.3 Å². The van der Waals surface area contributed by atoms with Gasteiger partial charge in [0.05, 0.1) is 52.6 Å². The number of nitrogens with zero attached hydrogens (tertiary/aromatic N) is 5. The first-order valence-corrected chi connectivity index (χ1v) is 10.4. The number of rotatable bonds is 7. The number of fused-ring (bicyclic) bond motifs is 1. The van der Waals surface area contributed by atoms with Gasteiger partial charge < -0.3 is 15.7 Å². The van der Waals surface area contributed by atoms with Crippen LogP contribution in [0.25, 0.3) is 16.9 Å². The van der Waals surface area contributed by atoms with Crippen LogP contribution in [0.1, 0.15) is 49.0 Å². The van der Waals surface area contributed by atoms with Crippen molar-refractivity contribution < 1.29 is 14.3 Å². The van der Waals surface area contributed by atoms with E-state index in [-0.39, 0.29) is 12.6 Å². The minimum absolute atomic E-state index is 0.252. The predicted octanol–water partition coefficient (Wildman–Crippen LogP) is 2.47. The second-order valence-electron chi connectivity index (χ2n) is 8.50. The van der Waals surface area contributed by atoms with E-state index in [9.17, 15) is 14.3 Å². The Bertz CT molecular complexity index is 1190. The van der Waals surface area contributed by atoms with Gasteiger partial charge in [-0.3, -0.25) is 9.78 Å². The molecule has 0 saturated heterocycles. The zero-order chi connectivity index (χ0) is 22.9. The zero-order valence-corrected chi connectivity index (χ0v) is 17.8. The molecule has 166 valence electrons. The molecule has 1 unspecified atom stereocenters. The summed E-state index contributed by atoms with van der Waals surface area (Å²) in [6.07, 6.45) is 7.60. The first kappa shape index (κ1) is 21.6. The molecule has 1 atom stereocenters. The molecule has 0 aliphatic heterocycles. The second kappa shape index (κ2) is 8.51. The fourth-order valence-corrected chi connectivity index (χ4v) is 3.32. The molecule has 10 heteroatoms. The molecule has 32 heavy (non-hydrogen) atoms. The highest BCUT2D eigenvalue weighted by Crippen LogP contribution is 2.29. The molecular formula is C22H24FN7O2. The minimum Gasteiger partial charge on any atom is -0.387 e. The average Bonchev–Trinajstić information content (AvgIpc) is 3.16. The number of hydrogen-bond acceptors (Lipinski definition) is 7. The van der Waals surface area contributed by atoms with Crippen LogP contribution in [0.3, 0.4) is 0 Å². The maximum absolute atomic E-state index is 14.1. The molecule has 1 amide bonds. The Morgan fingerprint density at radius 1 is 1.38 bits per heavy atom. The number of halogens is 1. The quantitative estimate of drug-likeness (QED) is 0.518. The maximum atomic E-state index is 14.1. The highest BCUT2D eigenvalue weighted by Gasteiger charge is 2.28. The Kier molecular flexibility index (Phi) is 5.76. The van der Waals surface area contributed by atoms with Gasteiger partial charge in [-0.25, -0.2) is 13.9 Å². The number of aromatic nitrogens is 4. The van der Waals surface area contributed by atoms with Crippen molar-refractivity contribution in [3.8, 4) is 17.3 Å². The van der Waals surface area contributed by atoms with Crippen molar-refractivity contribution in [2.75, 3.05) is 11.9 Å². The Hall–Kier alpha value is -3.58. The predicted molar refractivity (Wildman–Crippen MR) is 116 cm³/mol. The van der Waals surface area contributed by atoms with Crippen molar-refractivity contribution >= 4 is 17.2 Å². The van der Waals surface area contributed by atoms with Gasteiger partial charge in [-0.1, -0.05) is 0 Å². The third-order valence-electron chi connectivity index (χ3n) is 5.58. The van der Waals surface area contributed by atoms with E-state index in [0.29, 0.717) is 33.7 Å². The van der Waals surface area contributed by atoms with Gasteiger partial charge in [0.15, 0.2) is 5.65 Å². The summed E-state index contributed by atoms with van der Waals surface area (Å²) in [7, 11) is 0. The molecule has 3 aromatic rings. The standard InChI is InChI=1S/C22H24FN7O2/c1-22(2,32)19(23)11-27-21(31)16-9-25-17(6-18(16)29-14-4-3-5-14)15-10-28-30-12-13(7-24)8-26-20(15)30/h6,8-10,12,14,19,32H,3-5,11H2,1-2H3,(H,25,29)(H,27,31). The molecule has 1 saturated carbocycles. The molecule has 3 aromatic heterocycles. The molecule has 1 aliphatic carbocycles. The van der Waals surface area contributed by atoms with Crippen molar-refractivity contribution in [2.45, 2.75) is 50.9 Å².